The number of hydrogen-bond donors (Lipinski definition) is 2. The summed E-state index contributed by atoms with van der Waals surface area (Å²) in [4.78, 5) is 11.8. The highest BCUT2D eigenvalue weighted by Gasteiger charge is 2.33. The van der Waals surface area contributed by atoms with E-state index in [-0.39, 0.29) is 6.42 Å². The number of aromatic nitrogens is 3. The van der Waals surface area contributed by atoms with Gasteiger partial charge in [-0.3, -0.25) is 14.2 Å². The van der Waals surface area contributed by atoms with E-state index < -0.39 is 28.2 Å². The van der Waals surface area contributed by atoms with Gasteiger partial charge in [0.1, 0.15) is 5.69 Å². The molecule has 0 bridgehead atoms. The molecular formula is C15H19N4O4S-. The average molecular weight is 351 g/mol. The SMILES string of the molecule is Cc1c(-c2ccccc2)nnn1CC[C@@](C)(CS(=O)[O-])C(=O)NO. The van der Waals surface area contributed by atoms with E-state index in [9.17, 15) is 13.6 Å². The quantitative estimate of drug-likeness (QED) is 0.437. The molecule has 2 rings (SSSR count). The lowest BCUT2D eigenvalue weighted by molar-refractivity contribution is -0.138. The Labute approximate surface area is 142 Å². The predicted octanol–water partition coefficient (Wildman–Crippen LogP) is 1.03. The van der Waals surface area contributed by atoms with Crippen LogP contribution in [-0.4, -0.2) is 40.6 Å². The second-order valence-electron chi connectivity index (χ2n) is 5.81. The van der Waals surface area contributed by atoms with Crippen molar-refractivity contribution < 1.29 is 18.8 Å². The van der Waals surface area contributed by atoms with Gasteiger partial charge in [0.05, 0.1) is 11.1 Å². The number of hydroxylamine groups is 1. The molecular weight excluding hydrogens is 332 g/mol. The molecule has 1 aromatic heterocycles. The fraction of sp³-hybridized carbons (Fsp3) is 0.400. The molecule has 24 heavy (non-hydrogen) atoms. The number of hydrogen-bond acceptors (Lipinski definition) is 6. The maximum absolute atomic E-state index is 11.8. The second kappa shape index (κ2) is 7.65. The Morgan fingerprint density at radius 3 is 2.67 bits per heavy atom. The first-order valence-corrected chi connectivity index (χ1v) is 8.57. The molecule has 0 aliphatic carbocycles. The molecule has 1 aromatic carbocycles. The lowest BCUT2D eigenvalue weighted by Crippen LogP contribution is -2.42. The summed E-state index contributed by atoms with van der Waals surface area (Å²) in [5.74, 6) is -1.13. The van der Waals surface area contributed by atoms with Crippen LogP contribution in [0.1, 0.15) is 19.0 Å². The molecule has 0 fully saturated rings. The minimum absolute atomic E-state index is 0.186. The van der Waals surface area contributed by atoms with Crippen molar-refractivity contribution in [3.63, 3.8) is 0 Å². The molecule has 2 N–H and O–H groups in total. The molecule has 0 spiro atoms. The Morgan fingerprint density at radius 1 is 1.42 bits per heavy atom. The van der Waals surface area contributed by atoms with E-state index in [2.05, 4.69) is 10.3 Å². The standard InChI is InChI=1S/C15H20N4O4S/c1-11-13(12-6-4-3-5-7-12)16-18-19(11)9-8-15(2,10-24(22)23)14(20)17-21/h3-7,21H,8-10H2,1-2H3,(H,17,20)(H,22,23)/p-1/t15-/m0/s1. The fourth-order valence-electron chi connectivity index (χ4n) is 2.43. The first-order valence-electron chi connectivity index (χ1n) is 7.33. The van der Waals surface area contributed by atoms with Gasteiger partial charge < -0.3 is 4.55 Å². The Kier molecular flexibility index (Phi) is 5.81. The molecule has 0 saturated heterocycles. The number of benzene rings is 1. The summed E-state index contributed by atoms with van der Waals surface area (Å²) in [6.07, 6.45) is 0.186. The van der Waals surface area contributed by atoms with E-state index in [0.29, 0.717) is 6.54 Å². The maximum atomic E-state index is 11.8. The van der Waals surface area contributed by atoms with Crippen molar-refractivity contribution in [1.82, 2.24) is 20.5 Å². The van der Waals surface area contributed by atoms with Gasteiger partial charge in [-0.05, 0) is 20.3 Å². The summed E-state index contributed by atoms with van der Waals surface area (Å²) in [6.45, 7) is 3.64. The van der Waals surface area contributed by atoms with Gasteiger partial charge in [-0.15, -0.1) is 5.10 Å². The van der Waals surface area contributed by atoms with E-state index in [1.165, 1.54) is 12.4 Å². The maximum Gasteiger partial charge on any atom is 0.250 e. The van der Waals surface area contributed by atoms with Crippen molar-refractivity contribution in [3.8, 4) is 11.3 Å². The first kappa shape index (κ1) is 18.2. The average Bonchev–Trinajstić information content (AvgIpc) is 2.93. The summed E-state index contributed by atoms with van der Waals surface area (Å²) in [6, 6.07) is 9.56. The van der Waals surface area contributed by atoms with Gasteiger partial charge in [0.2, 0.25) is 5.91 Å². The Bertz CT molecular complexity index is 734. The molecule has 2 atom stereocenters. The number of nitrogens with zero attached hydrogens (tertiary/aromatic N) is 3. The molecule has 8 nitrogen and oxygen atoms in total. The fourth-order valence-corrected chi connectivity index (χ4v) is 3.23. The molecule has 0 aliphatic rings. The van der Waals surface area contributed by atoms with Crippen LogP contribution in [0.3, 0.4) is 0 Å². The number of carbonyl (C=O) groups excluding carboxylic acids is 1. The summed E-state index contributed by atoms with van der Waals surface area (Å²) in [5.41, 5.74) is 2.76. The molecule has 2 aromatic rings. The number of nitrogens with one attached hydrogen (secondary N) is 1. The Morgan fingerprint density at radius 2 is 2.08 bits per heavy atom. The van der Waals surface area contributed by atoms with E-state index in [1.807, 2.05) is 37.3 Å². The first-order chi connectivity index (χ1) is 11.4. The molecule has 1 heterocycles. The minimum atomic E-state index is -2.41. The molecule has 9 heteroatoms. The molecule has 0 aliphatic heterocycles. The lowest BCUT2D eigenvalue weighted by Gasteiger charge is -2.27. The summed E-state index contributed by atoms with van der Waals surface area (Å²) in [7, 11) is 0. The van der Waals surface area contributed by atoms with Crippen LogP contribution in [0.15, 0.2) is 30.3 Å². The largest absolute Gasteiger partial charge is 0.772 e. The summed E-state index contributed by atoms with van der Waals surface area (Å²) in [5, 5.41) is 17.1. The third-order valence-electron chi connectivity index (χ3n) is 3.99. The van der Waals surface area contributed by atoms with Gasteiger partial charge in [-0.25, -0.2) is 10.2 Å². The Hall–Kier alpha value is -2.10. The normalized spacial score (nSPS) is 14.8. The highest BCUT2D eigenvalue weighted by molar-refractivity contribution is 7.79. The number of carbonyl (C=O) groups is 1. The van der Waals surface area contributed by atoms with Crippen LogP contribution in [0.5, 0.6) is 0 Å². The zero-order valence-electron chi connectivity index (χ0n) is 13.4. The zero-order valence-corrected chi connectivity index (χ0v) is 14.2. The predicted molar refractivity (Wildman–Crippen MR) is 86.6 cm³/mol. The van der Waals surface area contributed by atoms with Crippen molar-refractivity contribution in [2.45, 2.75) is 26.8 Å². The van der Waals surface area contributed by atoms with Crippen LogP contribution in [0, 0.1) is 12.3 Å². The van der Waals surface area contributed by atoms with Crippen LogP contribution in [0.25, 0.3) is 11.3 Å². The highest BCUT2D eigenvalue weighted by atomic mass is 32.2. The number of amides is 1. The molecule has 0 radical (unpaired) electrons. The van der Waals surface area contributed by atoms with E-state index in [1.54, 1.807) is 4.68 Å². The molecule has 1 amide bonds. The van der Waals surface area contributed by atoms with Gasteiger partial charge in [-0.1, -0.05) is 46.6 Å². The lowest BCUT2D eigenvalue weighted by atomic mass is 9.88. The Balaban J connectivity index is 2.18. The molecule has 130 valence electrons. The summed E-state index contributed by atoms with van der Waals surface area (Å²) < 4.78 is 23.6. The van der Waals surface area contributed by atoms with Crippen molar-refractivity contribution >= 4 is 17.0 Å². The topological polar surface area (TPSA) is 120 Å². The van der Waals surface area contributed by atoms with Crippen LogP contribution in [0.4, 0.5) is 0 Å². The number of rotatable bonds is 7. The molecule has 1 unspecified atom stereocenters. The van der Waals surface area contributed by atoms with Gasteiger partial charge in [-0.2, -0.15) is 0 Å². The third-order valence-corrected chi connectivity index (χ3v) is 4.86. The molecule has 0 saturated carbocycles. The van der Waals surface area contributed by atoms with E-state index >= 15 is 0 Å². The highest BCUT2D eigenvalue weighted by Crippen LogP contribution is 2.25. The van der Waals surface area contributed by atoms with Crippen LogP contribution in [0.2, 0.25) is 0 Å². The van der Waals surface area contributed by atoms with Gasteiger partial charge >= 0.3 is 0 Å². The monoisotopic (exact) mass is 351 g/mol. The van der Waals surface area contributed by atoms with Crippen molar-refractivity contribution in [2.24, 2.45) is 5.41 Å². The van der Waals surface area contributed by atoms with Gasteiger partial charge in [0.25, 0.3) is 0 Å². The van der Waals surface area contributed by atoms with Crippen molar-refractivity contribution in [3.05, 3.63) is 36.0 Å². The smallest absolute Gasteiger partial charge is 0.250 e. The van der Waals surface area contributed by atoms with Gasteiger partial charge in [0.15, 0.2) is 0 Å². The van der Waals surface area contributed by atoms with E-state index in [4.69, 9.17) is 5.21 Å². The third kappa shape index (κ3) is 4.05. The van der Waals surface area contributed by atoms with Gasteiger partial charge in [0, 0.05) is 17.9 Å². The number of aryl methyl sites for hydroxylation is 1. The summed E-state index contributed by atoms with van der Waals surface area (Å²) >= 11 is -2.41. The second-order valence-corrected chi connectivity index (χ2v) is 6.71. The minimum Gasteiger partial charge on any atom is -0.772 e. The van der Waals surface area contributed by atoms with Crippen LogP contribution < -0.4 is 5.48 Å². The van der Waals surface area contributed by atoms with Crippen molar-refractivity contribution in [2.75, 3.05) is 5.75 Å². The van der Waals surface area contributed by atoms with Crippen molar-refractivity contribution in [1.29, 1.82) is 0 Å². The van der Waals surface area contributed by atoms with E-state index in [0.717, 1.165) is 17.0 Å². The van der Waals surface area contributed by atoms with Crippen LogP contribution in [-0.2, 0) is 22.4 Å². The van der Waals surface area contributed by atoms with Crippen LogP contribution >= 0.6 is 0 Å². The zero-order chi connectivity index (χ0) is 17.7.